The van der Waals surface area contributed by atoms with Gasteiger partial charge in [-0.25, -0.2) is 4.39 Å². The Hall–Kier alpha value is -2.14. The molecule has 0 aliphatic carbocycles. The number of benzene rings is 1. The Labute approximate surface area is 123 Å². The molecule has 0 aliphatic heterocycles. The number of halogens is 1. The second-order valence-corrected chi connectivity index (χ2v) is 5.13. The minimum absolute atomic E-state index is 0.183. The number of aryl methyl sites for hydroxylation is 1. The quantitative estimate of drug-likeness (QED) is 0.908. The minimum Gasteiger partial charge on any atom is -0.392 e. The summed E-state index contributed by atoms with van der Waals surface area (Å²) in [6.07, 6.45) is -0.607. The van der Waals surface area contributed by atoms with Gasteiger partial charge in [0.1, 0.15) is 5.82 Å². The first-order valence-electron chi connectivity index (χ1n) is 6.82. The summed E-state index contributed by atoms with van der Waals surface area (Å²) < 4.78 is 15.7. The summed E-state index contributed by atoms with van der Waals surface area (Å²) in [7, 11) is 0. The van der Waals surface area contributed by atoms with Crippen LogP contribution in [0.5, 0.6) is 0 Å². The summed E-state index contributed by atoms with van der Waals surface area (Å²) >= 11 is 0. The highest BCUT2D eigenvalue weighted by Crippen LogP contribution is 2.22. The van der Waals surface area contributed by atoms with Crippen LogP contribution in [0.4, 0.5) is 4.39 Å². The predicted octanol–water partition coefficient (Wildman–Crippen LogP) is 2.34. The highest BCUT2D eigenvalue weighted by atomic mass is 19.1. The summed E-state index contributed by atoms with van der Waals surface area (Å²) in [4.78, 5) is 12.1. The highest BCUT2D eigenvalue weighted by molar-refractivity contribution is 5.95. The van der Waals surface area contributed by atoms with Crippen molar-refractivity contribution >= 4 is 5.91 Å². The molecule has 0 spiro atoms. The van der Waals surface area contributed by atoms with Gasteiger partial charge in [-0.3, -0.25) is 4.79 Å². The first kappa shape index (κ1) is 15.3. The first-order valence-corrected chi connectivity index (χ1v) is 6.82. The monoisotopic (exact) mass is 290 g/mol. The van der Waals surface area contributed by atoms with Crippen LogP contribution in [0.25, 0.3) is 5.69 Å². The van der Waals surface area contributed by atoms with E-state index in [-0.39, 0.29) is 18.3 Å². The van der Waals surface area contributed by atoms with Crippen molar-refractivity contribution in [2.75, 3.05) is 6.54 Å². The van der Waals surface area contributed by atoms with Crippen molar-refractivity contribution in [3.8, 4) is 5.69 Å². The summed E-state index contributed by atoms with van der Waals surface area (Å²) in [5.74, 6) is -0.609. The Morgan fingerprint density at radius 3 is 2.67 bits per heavy atom. The maximum atomic E-state index is 13.9. The third kappa shape index (κ3) is 3.13. The minimum atomic E-state index is -0.607. The van der Waals surface area contributed by atoms with E-state index < -0.39 is 6.10 Å². The van der Waals surface area contributed by atoms with Gasteiger partial charge in [-0.15, -0.1) is 0 Å². The van der Waals surface area contributed by atoms with Gasteiger partial charge in [0.15, 0.2) is 0 Å². The number of hydrogen-bond donors (Lipinski definition) is 2. The van der Waals surface area contributed by atoms with Gasteiger partial charge in [-0.1, -0.05) is 12.1 Å². The molecule has 2 N–H and O–H groups in total. The zero-order valence-corrected chi connectivity index (χ0v) is 12.4. The molecule has 2 rings (SSSR count). The molecule has 0 radical (unpaired) electrons. The number of amides is 1. The third-order valence-electron chi connectivity index (χ3n) is 3.33. The summed E-state index contributed by atoms with van der Waals surface area (Å²) in [6.45, 7) is 5.38. The maximum Gasteiger partial charge on any atom is 0.253 e. The van der Waals surface area contributed by atoms with E-state index in [0.29, 0.717) is 16.9 Å². The number of nitrogens with one attached hydrogen (secondary N) is 1. The lowest BCUT2D eigenvalue weighted by Crippen LogP contribution is -2.30. The fraction of sp³-hybridized carbons (Fsp3) is 0.312. The molecule has 112 valence electrons. The van der Waals surface area contributed by atoms with E-state index in [1.165, 1.54) is 6.07 Å². The number of carbonyl (C=O) groups excluding carboxylic acids is 1. The molecule has 21 heavy (non-hydrogen) atoms. The Balaban J connectivity index is 2.39. The van der Waals surface area contributed by atoms with Gasteiger partial charge in [-0.2, -0.15) is 0 Å². The number of carbonyl (C=O) groups is 1. The standard InChI is InChI=1S/C16H19FN2O2/c1-10-8-13(16(21)18-9-11(2)20)12(3)19(10)15-7-5-4-6-14(15)17/h4-8,11,20H,9H2,1-3H3,(H,18,21). The van der Waals surface area contributed by atoms with E-state index >= 15 is 0 Å². The molecule has 1 aromatic carbocycles. The van der Waals surface area contributed by atoms with Crippen LogP contribution >= 0.6 is 0 Å². The molecule has 0 bridgehead atoms. The van der Waals surface area contributed by atoms with Crippen LogP contribution in [-0.2, 0) is 0 Å². The number of aliphatic hydroxyl groups excluding tert-OH is 1. The van der Waals surface area contributed by atoms with Crippen molar-refractivity contribution in [1.29, 1.82) is 0 Å². The van der Waals surface area contributed by atoms with Gasteiger partial charge in [0.25, 0.3) is 5.91 Å². The van der Waals surface area contributed by atoms with Crippen molar-refractivity contribution in [3.63, 3.8) is 0 Å². The first-order chi connectivity index (χ1) is 9.91. The summed E-state index contributed by atoms with van der Waals surface area (Å²) in [6, 6.07) is 8.17. The Morgan fingerprint density at radius 2 is 2.05 bits per heavy atom. The molecule has 1 amide bonds. The largest absolute Gasteiger partial charge is 0.392 e. The van der Waals surface area contributed by atoms with Gasteiger partial charge in [0, 0.05) is 17.9 Å². The second kappa shape index (κ2) is 6.10. The Morgan fingerprint density at radius 1 is 1.38 bits per heavy atom. The van der Waals surface area contributed by atoms with Crippen LogP contribution in [0.2, 0.25) is 0 Å². The topological polar surface area (TPSA) is 54.3 Å². The molecule has 5 heteroatoms. The molecule has 1 atom stereocenters. The van der Waals surface area contributed by atoms with Crippen LogP contribution in [0.3, 0.4) is 0 Å². The highest BCUT2D eigenvalue weighted by Gasteiger charge is 2.18. The number of aliphatic hydroxyl groups is 1. The molecule has 0 aliphatic rings. The Bertz CT molecular complexity index is 662. The Kier molecular flexibility index (Phi) is 4.43. The normalized spacial score (nSPS) is 12.2. The summed E-state index contributed by atoms with van der Waals surface area (Å²) in [5.41, 5.74) is 2.35. The van der Waals surface area contributed by atoms with Gasteiger partial charge < -0.3 is 15.0 Å². The predicted molar refractivity (Wildman–Crippen MR) is 79.2 cm³/mol. The number of hydrogen-bond acceptors (Lipinski definition) is 2. The molecular weight excluding hydrogens is 271 g/mol. The lowest BCUT2D eigenvalue weighted by molar-refractivity contribution is 0.0923. The molecule has 1 aromatic heterocycles. The van der Waals surface area contributed by atoms with Crippen LogP contribution in [0.15, 0.2) is 30.3 Å². The van der Waals surface area contributed by atoms with Gasteiger partial charge >= 0.3 is 0 Å². The number of rotatable bonds is 4. The van der Waals surface area contributed by atoms with Crippen molar-refractivity contribution in [2.45, 2.75) is 26.9 Å². The smallest absolute Gasteiger partial charge is 0.253 e. The van der Waals surface area contributed by atoms with Crippen molar-refractivity contribution < 1.29 is 14.3 Å². The van der Waals surface area contributed by atoms with Crippen LogP contribution in [-0.4, -0.2) is 28.2 Å². The third-order valence-corrected chi connectivity index (χ3v) is 3.33. The molecule has 0 saturated carbocycles. The zero-order valence-electron chi connectivity index (χ0n) is 12.4. The van der Waals surface area contributed by atoms with E-state index in [0.717, 1.165) is 5.69 Å². The van der Waals surface area contributed by atoms with Crippen LogP contribution in [0, 0.1) is 19.7 Å². The SMILES string of the molecule is Cc1cc(C(=O)NCC(C)O)c(C)n1-c1ccccc1F. The summed E-state index contributed by atoms with van der Waals surface area (Å²) in [5, 5.41) is 11.9. The average Bonchev–Trinajstić information content (AvgIpc) is 2.72. The molecule has 1 unspecified atom stereocenters. The van der Waals surface area contributed by atoms with Crippen LogP contribution in [0.1, 0.15) is 28.7 Å². The molecule has 1 heterocycles. The fourth-order valence-corrected chi connectivity index (χ4v) is 2.33. The van der Waals surface area contributed by atoms with E-state index in [1.54, 1.807) is 42.7 Å². The van der Waals surface area contributed by atoms with E-state index in [9.17, 15) is 14.3 Å². The molecular formula is C16H19FN2O2. The second-order valence-electron chi connectivity index (χ2n) is 5.13. The number of para-hydroxylation sites is 1. The van der Waals surface area contributed by atoms with E-state index in [2.05, 4.69) is 5.32 Å². The lowest BCUT2D eigenvalue weighted by Gasteiger charge is -2.11. The van der Waals surface area contributed by atoms with Gasteiger partial charge in [-0.05, 0) is 39.0 Å². The van der Waals surface area contributed by atoms with Crippen molar-refractivity contribution in [2.24, 2.45) is 0 Å². The zero-order chi connectivity index (χ0) is 15.6. The van der Waals surface area contributed by atoms with E-state index in [1.807, 2.05) is 6.92 Å². The number of aromatic nitrogens is 1. The number of nitrogens with zero attached hydrogens (tertiary/aromatic N) is 1. The van der Waals surface area contributed by atoms with Gasteiger partial charge in [0.2, 0.25) is 0 Å². The fourth-order valence-electron chi connectivity index (χ4n) is 2.33. The maximum absolute atomic E-state index is 13.9. The molecule has 4 nitrogen and oxygen atoms in total. The van der Waals surface area contributed by atoms with Crippen LogP contribution < -0.4 is 5.32 Å². The molecule has 0 saturated heterocycles. The molecule has 0 fully saturated rings. The van der Waals surface area contributed by atoms with Crippen molar-refractivity contribution in [1.82, 2.24) is 9.88 Å². The molecule has 2 aromatic rings. The average molecular weight is 290 g/mol. The van der Waals surface area contributed by atoms with Crippen molar-refractivity contribution in [3.05, 3.63) is 53.1 Å². The lowest BCUT2D eigenvalue weighted by atomic mass is 10.2. The van der Waals surface area contributed by atoms with E-state index in [4.69, 9.17) is 0 Å². The van der Waals surface area contributed by atoms with Gasteiger partial charge in [0.05, 0.1) is 17.4 Å².